The molecule has 0 heterocycles. The molecule has 0 bridgehead atoms. The van der Waals surface area contributed by atoms with E-state index in [-0.39, 0.29) is 11.8 Å². The average Bonchev–Trinajstić information content (AvgIpc) is 2.47. The number of carbonyl (C=O) groups excluding carboxylic acids is 1. The number of rotatable bonds is 4. The summed E-state index contributed by atoms with van der Waals surface area (Å²) in [5.74, 6) is -0.254. The molecular weight excluding hydrogens is 255 g/mol. The third kappa shape index (κ3) is 3.82. The molecule has 0 aliphatic carbocycles. The van der Waals surface area contributed by atoms with Crippen molar-refractivity contribution < 1.29 is 9.18 Å². The van der Waals surface area contributed by atoms with Gasteiger partial charge in [-0.15, -0.1) is 0 Å². The molecule has 0 atom stereocenters. The molecule has 104 valence electrons. The van der Waals surface area contributed by atoms with Gasteiger partial charge in [0.1, 0.15) is 5.82 Å². The van der Waals surface area contributed by atoms with Crippen molar-refractivity contribution in [3.05, 3.63) is 66.0 Å². The molecule has 0 aliphatic rings. The molecule has 0 radical (unpaired) electrons. The lowest BCUT2D eigenvalue weighted by Crippen LogP contribution is -2.38. The van der Waals surface area contributed by atoms with E-state index in [1.54, 1.807) is 18.0 Å². The van der Waals surface area contributed by atoms with Gasteiger partial charge in [0.05, 0.1) is 0 Å². The number of amides is 2. The Morgan fingerprint density at radius 2 is 1.90 bits per heavy atom. The number of para-hydroxylation sites is 1. The zero-order chi connectivity index (χ0) is 14.4. The van der Waals surface area contributed by atoms with Crippen molar-refractivity contribution in [3.8, 4) is 0 Å². The highest BCUT2D eigenvalue weighted by atomic mass is 19.1. The predicted molar refractivity (Wildman–Crippen MR) is 78.3 cm³/mol. The van der Waals surface area contributed by atoms with E-state index >= 15 is 0 Å². The molecule has 2 rings (SSSR count). The van der Waals surface area contributed by atoms with Crippen molar-refractivity contribution in [2.75, 3.05) is 18.5 Å². The van der Waals surface area contributed by atoms with Crippen LogP contribution in [0.5, 0.6) is 0 Å². The fourth-order valence-electron chi connectivity index (χ4n) is 1.89. The van der Waals surface area contributed by atoms with E-state index in [0.717, 1.165) is 11.3 Å². The van der Waals surface area contributed by atoms with Gasteiger partial charge in [0.15, 0.2) is 0 Å². The van der Waals surface area contributed by atoms with Gasteiger partial charge < -0.3 is 5.32 Å². The van der Waals surface area contributed by atoms with Crippen LogP contribution in [0, 0.1) is 5.82 Å². The first-order valence-electron chi connectivity index (χ1n) is 6.48. The molecule has 2 aromatic carbocycles. The van der Waals surface area contributed by atoms with Crippen molar-refractivity contribution in [3.63, 3.8) is 0 Å². The Morgan fingerprint density at radius 1 is 1.15 bits per heavy atom. The standard InChI is InChI=1S/C16H17FN2O/c1-19(15-8-3-2-4-9-15)16(20)18-11-10-13-6-5-7-14(17)12-13/h2-9,12H,10-11H2,1H3,(H,18,20). The summed E-state index contributed by atoms with van der Waals surface area (Å²) in [6.07, 6.45) is 0.603. The summed E-state index contributed by atoms with van der Waals surface area (Å²) < 4.78 is 13.0. The number of hydrogen-bond acceptors (Lipinski definition) is 1. The number of urea groups is 1. The molecule has 0 saturated carbocycles. The maximum atomic E-state index is 13.0. The fourth-order valence-corrected chi connectivity index (χ4v) is 1.89. The van der Waals surface area contributed by atoms with Crippen LogP contribution in [0.4, 0.5) is 14.9 Å². The maximum absolute atomic E-state index is 13.0. The summed E-state index contributed by atoms with van der Waals surface area (Å²) in [5, 5.41) is 2.81. The normalized spacial score (nSPS) is 10.1. The van der Waals surface area contributed by atoms with Crippen LogP contribution in [0.1, 0.15) is 5.56 Å². The third-order valence-corrected chi connectivity index (χ3v) is 3.03. The molecular formula is C16H17FN2O. The lowest BCUT2D eigenvalue weighted by Gasteiger charge is -2.17. The van der Waals surface area contributed by atoms with Gasteiger partial charge >= 0.3 is 6.03 Å². The summed E-state index contributed by atoms with van der Waals surface area (Å²) in [4.78, 5) is 13.5. The highest BCUT2D eigenvalue weighted by Crippen LogP contribution is 2.10. The van der Waals surface area contributed by atoms with Crippen molar-refractivity contribution in [1.29, 1.82) is 0 Å². The first-order valence-corrected chi connectivity index (χ1v) is 6.48. The lowest BCUT2D eigenvalue weighted by molar-refractivity contribution is 0.247. The maximum Gasteiger partial charge on any atom is 0.321 e. The second-order valence-corrected chi connectivity index (χ2v) is 4.51. The SMILES string of the molecule is CN(C(=O)NCCc1cccc(F)c1)c1ccccc1. The minimum absolute atomic E-state index is 0.174. The van der Waals surface area contributed by atoms with Crippen LogP contribution >= 0.6 is 0 Å². The second-order valence-electron chi connectivity index (χ2n) is 4.51. The van der Waals surface area contributed by atoms with Crippen LogP contribution in [0.25, 0.3) is 0 Å². The van der Waals surface area contributed by atoms with E-state index in [2.05, 4.69) is 5.32 Å². The molecule has 20 heavy (non-hydrogen) atoms. The predicted octanol–water partition coefficient (Wildman–Crippen LogP) is 3.21. The van der Waals surface area contributed by atoms with Gasteiger partial charge in [-0.05, 0) is 36.2 Å². The minimum atomic E-state index is -0.254. The Labute approximate surface area is 118 Å². The molecule has 0 saturated heterocycles. The number of nitrogens with one attached hydrogen (secondary N) is 1. The molecule has 3 nitrogen and oxygen atoms in total. The van der Waals surface area contributed by atoms with Gasteiger partial charge in [0.2, 0.25) is 0 Å². The largest absolute Gasteiger partial charge is 0.337 e. The molecule has 2 amide bonds. The monoisotopic (exact) mass is 272 g/mol. The van der Waals surface area contributed by atoms with Gasteiger partial charge in [-0.1, -0.05) is 30.3 Å². The van der Waals surface area contributed by atoms with Crippen LogP contribution in [0.3, 0.4) is 0 Å². The van der Waals surface area contributed by atoms with Crippen LogP contribution in [-0.2, 0) is 6.42 Å². The van der Waals surface area contributed by atoms with Gasteiger partial charge in [-0.25, -0.2) is 9.18 Å². The van der Waals surface area contributed by atoms with Crippen LogP contribution in [-0.4, -0.2) is 19.6 Å². The number of hydrogen-bond donors (Lipinski definition) is 1. The van der Waals surface area contributed by atoms with E-state index in [4.69, 9.17) is 0 Å². The second kappa shape index (κ2) is 6.70. The van der Waals surface area contributed by atoms with Crippen molar-refractivity contribution in [2.24, 2.45) is 0 Å². The Kier molecular flexibility index (Phi) is 4.71. The summed E-state index contributed by atoms with van der Waals surface area (Å²) >= 11 is 0. The molecule has 0 unspecified atom stereocenters. The quantitative estimate of drug-likeness (QED) is 0.910. The molecule has 0 spiro atoms. The van der Waals surface area contributed by atoms with Crippen molar-refractivity contribution in [1.82, 2.24) is 5.32 Å². The topological polar surface area (TPSA) is 32.3 Å². The number of anilines is 1. The molecule has 0 aromatic heterocycles. The zero-order valence-electron chi connectivity index (χ0n) is 11.3. The molecule has 1 N–H and O–H groups in total. The summed E-state index contributed by atoms with van der Waals surface area (Å²) in [7, 11) is 1.72. The summed E-state index contributed by atoms with van der Waals surface area (Å²) in [6.45, 7) is 0.472. The van der Waals surface area contributed by atoms with Gasteiger partial charge in [-0.2, -0.15) is 0 Å². The Hall–Kier alpha value is -2.36. The van der Waals surface area contributed by atoms with Crippen LogP contribution in [0.2, 0.25) is 0 Å². The van der Waals surface area contributed by atoms with Crippen molar-refractivity contribution in [2.45, 2.75) is 6.42 Å². The van der Waals surface area contributed by atoms with Crippen LogP contribution in [0.15, 0.2) is 54.6 Å². The highest BCUT2D eigenvalue weighted by Gasteiger charge is 2.09. The molecule has 2 aromatic rings. The van der Waals surface area contributed by atoms with Gasteiger partial charge in [0.25, 0.3) is 0 Å². The van der Waals surface area contributed by atoms with E-state index < -0.39 is 0 Å². The van der Waals surface area contributed by atoms with E-state index in [1.165, 1.54) is 12.1 Å². The Balaban J connectivity index is 1.83. The van der Waals surface area contributed by atoms with E-state index in [9.17, 15) is 9.18 Å². The van der Waals surface area contributed by atoms with E-state index in [1.807, 2.05) is 36.4 Å². The average molecular weight is 272 g/mol. The number of benzene rings is 2. The number of halogens is 1. The number of carbonyl (C=O) groups is 1. The Morgan fingerprint density at radius 3 is 2.60 bits per heavy atom. The van der Waals surface area contributed by atoms with Crippen LogP contribution < -0.4 is 10.2 Å². The van der Waals surface area contributed by atoms with Gasteiger partial charge in [-0.3, -0.25) is 4.90 Å². The van der Waals surface area contributed by atoms with Crippen molar-refractivity contribution >= 4 is 11.7 Å². The first-order chi connectivity index (χ1) is 9.66. The summed E-state index contributed by atoms with van der Waals surface area (Å²) in [6, 6.07) is 15.6. The summed E-state index contributed by atoms with van der Waals surface area (Å²) in [5.41, 5.74) is 1.70. The zero-order valence-corrected chi connectivity index (χ0v) is 11.3. The smallest absolute Gasteiger partial charge is 0.321 e. The fraction of sp³-hybridized carbons (Fsp3) is 0.188. The third-order valence-electron chi connectivity index (χ3n) is 3.03. The first kappa shape index (κ1) is 14.1. The molecule has 0 fully saturated rings. The van der Waals surface area contributed by atoms with E-state index in [0.29, 0.717) is 13.0 Å². The number of nitrogens with zero attached hydrogens (tertiary/aromatic N) is 1. The lowest BCUT2D eigenvalue weighted by atomic mass is 10.1. The molecule has 0 aliphatic heterocycles. The Bertz CT molecular complexity index is 572. The highest BCUT2D eigenvalue weighted by molar-refractivity contribution is 5.91. The molecule has 4 heteroatoms. The minimum Gasteiger partial charge on any atom is -0.337 e. The van der Waals surface area contributed by atoms with Gasteiger partial charge in [0, 0.05) is 19.3 Å².